The van der Waals surface area contributed by atoms with Gasteiger partial charge in [0.05, 0.1) is 0 Å². The molecule has 1 heterocycles. The molecule has 0 unspecified atom stereocenters. The van der Waals surface area contributed by atoms with Gasteiger partial charge in [-0.2, -0.15) is 0 Å². The maximum absolute atomic E-state index is 13.4. The summed E-state index contributed by atoms with van der Waals surface area (Å²) in [6, 6.07) is 6.85. The molecule has 0 saturated carbocycles. The average Bonchev–Trinajstić information content (AvgIpc) is 2.44. The first-order chi connectivity index (χ1) is 10.0. The fraction of sp³-hybridized carbons (Fsp3) is 0.312. The molecule has 2 aromatic rings. The van der Waals surface area contributed by atoms with Crippen molar-refractivity contribution in [2.24, 2.45) is 0 Å². The van der Waals surface area contributed by atoms with E-state index in [0.717, 1.165) is 15.6 Å². The summed E-state index contributed by atoms with van der Waals surface area (Å²) in [5, 5.41) is 3.27. The standard InChI is InChI=1S/C16H18BrFN2O/c1-11(2)20-8-13-6-15(18)3-4-16(13)21-10-12-5-14(17)9-19-7-12/h3-7,9,11,20H,8,10H2,1-2H3. The number of nitrogens with one attached hydrogen (secondary N) is 1. The second-order valence-corrected chi connectivity index (χ2v) is 6.00. The fourth-order valence-corrected chi connectivity index (χ4v) is 2.25. The maximum atomic E-state index is 13.4. The molecule has 0 aliphatic rings. The van der Waals surface area contributed by atoms with Gasteiger partial charge in [-0.3, -0.25) is 4.98 Å². The van der Waals surface area contributed by atoms with Crippen LogP contribution in [0.5, 0.6) is 5.75 Å². The molecule has 112 valence electrons. The predicted molar refractivity (Wildman–Crippen MR) is 84.6 cm³/mol. The van der Waals surface area contributed by atoms with Crippen molar-refractivity contribution in [3.05, 3.63) is 58.1 Å². The van der Waals surface area contributed by atoms with Crippen molar-refractivity contribution in [1.29, 1.82) is 0 Å². The molecule has 0 radical (unpaired) electrons. The van der Waals surface area contributed by atoms with E-state index >= 15 is 0 Å². The van der Waals surface area contributed by atoms with Crippen LogP contribution in [-0.2, 0) is 13.2 Å². The maximum Gasteiger partial charge on any atom is 0.124 e. The monoisotopic (exact) mass is 352 g/mol. The largest absolute Gasteiger partial charge is 0.489 e. The number of aromatic nitrogens is 1. The highest BCUT2D eigenvalue weighted by Crippen LogP contribution is 2.21. The highest BCUT2D eigenvalue weighted by Gasteiger charge is 2.07. The number of halogens is 2. The lowest BCUT2D eigenvalue weighted by Crippen LogP contribution is -2.22. The normalized spacial score (nSPS) is 10.9. The number of rotatable bonds is 6. The Morgan fingerprint density at radius 1 is 1.29 bits per heavy atom. The summed E-state index contributed by atoms with van der Waals surface area (Å²) in [6.07, 6.45) is 3.47. The van der Waals surface area contributed by atoms with E-state index in [1.54, 1.807) is 18.5 Å². The Bertz CT molecular complexity index is 605. The number of pyridine rings is 1. The number of benzene rings is 1. The summed E-state index contributed by atoms with van der Waals surface area (Å²) in [5.41, 5.74) is 1.77. The molecule has 0 bridgehead atoms. The zero-order valence-electron chi connectivity index (χ0n) is 12.1. The van der Waals surface area contributed by atoms with Gasteiger partial charge in [-0.25, -0.2) is 4.39 Å². The van der Waals surface area contributed by atoms with Crippen molar-refractivity contribution in [2.75, 3.05) is 0 Å². The molecule has 0 fully saturated rings. The van der Waals surface area contributed by atoms with Gasteiger partial charge in [-0.15, -0.1) is 0 Å². The highest BCUT2D eigenvalue weighted by atomic mass is 79.9. The SMILES string of the molecule is CC(C)NCc1cc(F)ccc1OCc1cncc(Br)c1. The molecule has 0 aliphatic carbocycles. The third-order valence-corrected chi connectivity index (χ3v) is 3.31. The van der Waals surface area contributed by atoms with E-state index < -0.39 is 0 Å². The summed E-state index contributed by atoms with van der Waals surface area (Å²) in [5.74, 6) is 0.427. The Kier molecular flexibility index (Phi) is 5.70. The molecule has 3 nitrogen and oxygen atoms in total. The lowest BCUT2D eigenvalue weighted by molar-refractivity contribution is 0.300. The third kappa shape index (κ3) is 5.10. The van der Waals surface area contributed by atoms with Crippen LogP contribution in [0.4, 0.5) is 4.39 Å². The van der Waals surface area contributed by atoms with Gasteiger partial charge in [-0.1, -0.05) is 13.8 Å². The van der Waals surface area contributed by atoms with E-state index in [4.69, 9.17) is 4.74 Å². The molecule has 2 rings (SSSR count). The minimum absolute atomic E-state index is 0.257. The molecule has 0 spiro atoms. The summed E-state index contributed by atoms with van der Waals surface area (Å²) >= 11 is 3.38. The minimum Gasteiger partial charge on any atom is -0.489 e. The average molecular weight is 353 g/mol. The van der Waals surface area contributed by atoms with Gasteiger partial charge in [0.2, 0.25) is 0 Å². The molecule has 1 aromatic carbocycles. The van der Waals surface area contributed by atoms with Crippen LogP contribution in [0.15, 0.2) is 41.1 Å². The number of ether oxygens (including phenoxy) is 1. The zero-order chi connectivity index (χ0) is 15.2. The number of hydrogen-bond acceptors (Lipinski definition) is 3. The molecular weight excluding hydrogens is 335 g/mol. The zero-order valence-corrected chi connectivity index (χ0v) is 13.7. The summed E-state index contributed by atoms with van der Waals surface area (Å²) in [4.78, 5) is 4.09. The van der Waals surface area contributed by atoms with Crippen LogP contribution in [0, 0.1) is 5.82 Å². The van der Waals surface area contributed by atoms with Gasteiger partial charge in [-0.05, 0) is 40.2 Å². The molecule has 0 saturated heterocycles. The number of nitrogens with zero attached hydrogens (tertiary/aromatic N) is 1. The first-order valence-electron chi connectivity index (χ1n) is 6.78. The molecular formula is C16H18BrFN2O. The van der Waals surface area contributed by atoms with Crippen LogP contribution in [0.3, 0.4) is 0 Å². The van der Waals surface area contributed by atoms with Gasteiger partial charge >= 0.3 is 0 Å². The van der Waals surface area contributed by atoms with Crippen LogP contribution in [0.2, 0.25) is 0 Å². The van der Waals surface area contributed by atoms with Gasteiger partial charge in [0.25, 0.3) is 0 Å². The lowest BCUT2D eigenvalue weighted by Gasteiger charge is -2.14. The smallest absolute Gasteiger partial charge is 0.124 e. The summed E-state index contributed by atoms with van der Waals surface area (Å²) < 4.78 is 20.1. The van der Waals surface area contributed by atoms with Gasteiger partial charge in [0.15, 0.2) is 0 Å². The van der Waals surface area contributed by atoms with Crippen molar-refractivity contribution in [3.63, 3.8) is 0 Å². The van der Waals surface area contributed by atoms with Crippen LogP contribution >= 0.6 is 15.9 Å². The van der Waals surface area contributed by atoms with Crippen molar-refractivity contribution in [3.8, 4) is 5.75 Å². The van der Waals surface area contributed by atoms with E-state index in [9.17, 15) is 4.39 Å². The summed E-state index contributed by atoms with van der Waals surface area (Å²) in [7, 11) is 0. The third-order valence-electron chi connectivity index (χ3n) is 2.88. The van der Waals surface area contributed by atoms with Crippen LogP contribution in [-0.4, -0.2) is 11.0 Å². The second kappa shape index (κ2) is 7.52. The van der Waals surface area contributed by atoms with Crippen LogP contribution < -0.4 is 10.1 Å². The molecule has 5 heteroatoms. The van der Waals surface area contributed by atoms with Crippen molar-refractivity contribution >= 4 is 15.9 Å². The van der Waals surface area contributed by atoms with E-state index in [1.807, 2.05) is 19.9 Å². The van der Waals surface area contributed by atoms with Crippen LogP contribution in [0.25, 0.3) is 0 Å². The lowest BCUT2D eigenvalue weighted by atomic mass is 10.2. The van der Waals surface area contributed by atoms with E-state index in [-0.39, 0.29) is 5.82 Å². The highest BCUT2D eigenvalue weighted by molar-refractivity contribution is 9.10. The molecule has 0 aliphatic heterocycles. The summed E-state index contributed by atoms with van der Waals surface area (Å²) in [6.45, 7) is 5.06. The Hall–Kier alpha value is -1.46. The molecule has 1 aromatic heterocycles. The minimum atomic E-state index is -0.257. The molecule has 1 N–H and O–H groups in total. The van der Waals surface area contributed by atoms with Crippen molar-refractivity contribution in [2.45, 2.75) is 33.0 Å². The first kappa shape index (κ1) is 15.9. The van der Waals surface area contributed by atoms with Gasteiger partial charge in [0, 0.05) is 40.6 Å². The van der Waals surface area contributed by atoms with Crippen LogP contribution in [0.1, 0.15) is 25.0 Å². The first-order valence-corrected chi connectivity index (χ1v) is 7.58. The topological polar surface area (TPSA) is 34.1 Å². The van der Waals surface area contributed by atoms with Crippen molar-refractivity contribution < 1.29 is 9.13 Å². The Morgan fingerprint density at radius 3 is 2.81 bits per heavy atom. The predicted octanol–water partition coefficient (Wildman–Crippen LogP) is 4.06. The van der Waals surface area contributed by atoms with Gasteiger partial charge in [0.1, 0.15) is 18.2 Å². The van der Waals surface area contributed by atoms with Crippen molar-refractivity contribution in [1.82, 2.24) is 10.3 Å². The molecule has 0 amide bonds. The Labute approximate surface area is 132 Å². The van der Waals surface area contributed by atoms with E-state index in [0.29, 0.717) is 24.9 Å². The molecule has 21 heavy (non-hydrogen) atoms. The number of hydrogen-bond donors (Lipinski definition) is 1. The second-order valence-electron chi connectivity index (χ2n) is 5.09. The van der Waals surface area contributed by atoms with E-state index in [2.05, 4.69) is 26.2 Å². The van der Waals surface area contributed by atoms with Gasteiger partial charge < -0.3 is 10.1 Å². The Balaban J connectivity index is 2.08. The Morgan fingerprint density at radius 2 is 2.10 bits per heavy atom. The molecule has 0 atom stereocenters. The van der Waals surface area contributed by atoms with E-state index in [1.165, 1.54) is 12.1 Å². The quantitative estimate of drug-likeness (QED) is 0.851. The fourth-order valence-electron chi connectivity index (χ4n) is 1.84.